The first-order chi connectivity index (χ1) is 11.3. The number of hydrogen-bond donors (Lipinski definition) is 2. The maximum atomic E-state index is 13.8. The summed E-state index contributed by atoms with van der Waals surface area (Å²) in [5.41, 5.74) is 0.506. The van der Waals surface area contributed by atoms with E-state index in [2.05, 4.69) is 10.0 Å². The molecule has 0 aliphatic heterocycles. The lowest BCUT2D eigenvalue weighted by atomic mass is 10.2. The summed E-state index contributed by atoms with van der Waals surface area (Å²) in [6, 6.07) is 9.53. The van der Waals surface area contributed by atoms with E-state index in [0.29, 0.717) is 5.56 Å². The zero-order chi connectivity index (χ0) is 17.3. The lowest BCUT2D eigenvalue weighted by Gasteiger charge is -2.10. The van der Waals surface area contributed by atoms with Crippen molar-refractivity contribution in [2.75, 3.05) is 4.72 Å². The third-order valence-corrected chi connectivity index (χ3v) is 5.12. The number of rotatable bonds is 5. The number of anilines is 1. The van der Waals surface area contributed by atoms with Crippen molar-refractivity contribution in [3.63, 3.8) is 0 Å². The average Bonchev–Trinajstić information content (AvgIpc) is 3.30. The Hall–Kier alpha value is -2.12. The Morgan fingerprint density at radius 2 is 1.92 bits per heavy atom. The molecule has 1 amide bonds. The van der Waals surface area contributed by atoms with E-state index in [4.69, 9.17) is 11.6 Å². The van der Waals surface area contributed by atoms with Gasteiger partial charge in [0.15, 0.2) is 0 Å². The molecule has 0 aromatic heterocycles. The SMILES string of the molecule is O=C(NC1CC1)c1cccc(NS(=O)(=O)c2ccc(Cl)cc2F)c1. The van der Waals surface area contributed by atoms with Crippen LogP contribution in [0.4, 0.5) is 10.1 Å². The Balaban J connectivity index is 1.83. The molecule has 0 atom stereocenters. The van der Waals surface area contributed by atoms with Crippen LogP contribution in [-0.4, -0.2) is 20.4 Å². The lowest BCUT2D eigenvalue weighted by Crippen LogP contribution is -2.25. The second kappa shape index (κ2) is 6.41. The van der Waals surface area contributed by atoms with Gasteiger partial charge in [-0.25, -0.2) is 12.8 Å². The predicted octanol–water partition coefficient (Wildman–Crippen LogP) is 3.17. The minimum atomic E-state index is -4.13. The van der Waals surface area contributed by atoms with Gasteiger partial charge in [-0.05, 0) is 49.2 Å². The summed E-state index contributed by atoms with van der Waals surface area (Å²) < 4.78 is 40.7. The number of sulfonamides is 1. The van der Waals surface area contributed by atoms with Gasteiger partial charge < -0.3 is 5.32 Å². The van der Waals surface area contributed by atoms with E-state index in [-0.39, 0.29) is 22.7 Å². The number of nitrogens with one attached hydrogen (secondary N) is 2. The highest BCUT2D eigenvalue weighted by atomic mass is 35.5. The summed E-state index contributed by atoms with van der Waals surface area (Å²) >= 11 is 5.63. The standard InChI is InChI=1S/C16H14ClFN2O3S/c17-11-4-7-15(14(18)9-11)24(22,23)20-13-3-1-2-10(8-13)16(21)19-12-5-6-12/h1-4,7-9,12,20H,5-6H2,(H,19,21). The summed E-state index contributed by atoms with van der Waals surface area (Å²) in [7, 11) is -4.13. The van der Waals surface area contributed by atoms with E-state index in [1.54, 1.807) is 12.1 Å². The second-order valence-corrected chi connectivity index (χ2v) is 7.60. The fraction of sp³-hybridized carbons (Fsp3) is 0.188. The molecular formula is C16H14ClFN2O3S. The van der Waals surface area contributed by atoms with Crippen LogP contribution < -0.4 is 10.0 Å². The van der Waals surface area contributed by atoms with Gasteiger partial charge in [-0.2, -0.15) is 0 Å². The van der Waals surface area contributed by atoms with Crippen molar-refractivity contribution < 1.29 is 17.6 Å². The van der Waals surface area contributed by atoms with Crippen molar-refractivity contribution in [1.29, 1.82) is 0 Å². The largest absolute Gasteiger partial charge is 0.349 e. The maximum absolute atomic E-state index is 13.8. The van der Waals surface area contributed by atoms with Gasteiger partial charge in [-0.15, -0.1) is 0 Å². The summed E-state index contributed by atoms with van der Waals surface area (Å²) in [6.45, 7) is 0. The fourth-order valence-corrected chi connectivity index (χ4v) is 3.39. The smallest absolute Gasteiger partial charge is 0.264 e. The number of benzene rings is 2. The Morgan fingerprint density at radius 1 is 1.17 bits per heavy atom. The number of carbonyl (C=O) groups excluding carboxylic acids is 1. The van der Waals surface area contributed by atoms with Crippen molar-refractivity contribution in [1.82, 2.24) is 5.32 Å². The van der Waals surface area contributed by atoms with E-state index >= 15 is 0 Å². The minimum absolute atomic E-state index is 0.102. The summed E-state index contributed by atoms with van der Waals surface area (Å²) in [5, 5.41) is 2.92. The van der Waals surface area contributed by atoms with Gasteiger partial charge in [0.05, 0.1) is 0 Å². The van der Waals surface area contributed by atoms with Crippen molar-refractivity contribution in [3.8, 4) is 0 Å². The predicted molar refractivity (Wildman–Crippen MR) is 89.1 cm³/mol. The summed E-state index contributed by atoms with van der Waals surface area (Å²) in [5.74, 6) is -1.21. The Morgan fingerprint density at radius 3 is 2.58 bits per heavy atom. The van der Waals surface area contributed by atoms with Crippen LogP contribution in [0.3, 0.4) is 0 Å². The molecule has 1 aliphatic rings. The van der Waals surface area contributed by atoms with E-state index in [9.17, 15) is 17.6 Å². The van der Waals surface area contributed by atoms with Gasteiger partial charge in [0.25, 0.3) is 15.9 Å². The lowest BCUT2D eigenvalue weighted by molar-refractivity contribution is 0.0951. The second-order valence-electron chi connectivity index (χ2n) is 5.51. The fourth-order valence-electron chi connectivity index (χ4n) is 2.12. The van der Waals surface area contributed by atoms with Gasteiger partial charge >= 0.3 is 0 Å². The molecule has 0 unspecified atom stereocenters. The molecule has 2 aromatic rings. The average molecular weight is 369 g/mol. The molecule has 3 rings (SSSR count). The highest BCUT2D eigenvalue weighted by Gasteiger charge is 2.24. The molecule has 126 valence electrons. The van der Waals surface area contributed by atoms with Crippen molar-refractivity contribution in [2.45, 2.75) is 23.8 Å². The minimum Gasteiger partial charge on any atom is -0.349 e. The first kappa shape index (κ1) is 16.7. The molecule has 2 aromatic carbocycles. The van der Waals surface area contributed by atoms with E-state index < -0.39 is 20.7 Å². The highest BCUT2D eigenvalue weighted by molar-refractivity contribution is 7.92. The molecule has 0 spiro atoms. The number of carbonyl (C=O) groups is 1. The number of hydrogen-bond acceptors (Lipinski definition) is 3. The van der Waals surface area contributed by atoms with Gasteiger partial charge in [0.2, 0.25) is 0 Å². The highest BCUT2D eigenvalue weighted by Crippen LogP contribution is 2.23. The molecule has 0 saturated heterocycles. The van der Waals surface area contributed by atoms with Crippen LogP contribution in [-0.2, 0) is 10.0 Å². The molecular weight excluding hydrogens is 355 g/mol. The van der Waals surface area contributed by atoms with Crippen LogP contribution in [0.2, 0.25) is 5.02 Å². The number of halogens is 2. The van der Waals surface area contributed by atoms with E-state index in [1.807, 2.05) is 0 Å². The first-order valence-electron chi connectivity index (χ1n) is 7.24. The monoisotopic (exact) mass is 368 g/mol. The van der Waals surface area contributed by atoms with E-state index in [1.165, 1.54) is 18.2 Å². The first-order valence-corrected chi connectivity index (χ1v) is 9.10. The van der Waals surface area contributed by atoms with Crippen LogP contribution >= 0.6 is 11.6 Å². The van der Waals surface area contributed by atoms with Gasteiger partial charge in [0.1, 0.15) is 10.7 Å². The molecule has 0 heterocycles. The molecule has 1 fully saturated rings. The molecule has 5 nitrogen and oxygen atoms in total. The normalized spacial score (nSPS) is 14.2. The molecule has 1 aliphatic carbocycles. The van der Waals surface area contributed by atoms with Crippen LogP contribution in [0.1, 0.15) is 23.2 Å². The van der Waals surface area contributed by atoms with Gasteiger partial charge in [-0.3, -0.25) is 9.52 Å². The quantitative estimate of drug-likeness (QED) is 0.851. The van der Waals surface area contributed by atoms with Crippen molar-refractivity contribution in [2.24, 2.45) is 0 Å². The molecule has 24 heavy (non-hydrogen) atoms. The topological polar surface area (TPSA) is 75.3 Å². The van der Waals surface area contributed by atoms with Crippen LogP contribution in [0, 0.1) is 5.82 Å². The summed E-state index contributed by atoms with van der Waals surface area (Å²) in [4.78, 5) is 11.5. The van der Waals surface area contributed by atoms with Crippen molar-refractivity contribution in [3.05, 3.63) is 58.9 Å². The summed E-state index contributed by atoms with van der Waals surface area (Å²) in [6.07, 6.45) is 1.90. The van der Waals surface area contributed by atoms with Crippen LogP contribution in [0.25, 0.3) is 0 Å². The molecule has 2 N–H and O–H groups in total. The Bertz CT molecular complexity index is 898. The third-order valence-electron chi connectivity index (χ3n) is 3.47. The van der Waals surface area contributed by atoms with Crippen molar-refractivity contribution >= 4 is 33.2 Å². The zero-order valence-corrected chi connectivity index (χ0v) is 14.0. The number of amides is 1. The Kier molecular flexibility index (Phi) is 4.47. The van der Waals surface area contributed by atoms with Crippen LogP contribution in [0.15, 0.2) is 47.4 Å². The third kappa shape index (κ3) is 3.85. The maximum Gasteiger partial charge on any atom is 0.264 e. The molecule has 8 heteroatoms. The van der Waals surface area contributed by atoms with Crippen LogP contribution in [0.5, 0.6) is 0 Å². The van der Waals surface area contributed by atoms with Gasteiger partial charge in [0, 0.05) is 22.3 Å². The molecule has 0 bridgehead atoms. The van der Waals surface area contributed by atoms with Gasteiger partial charge in [-0.1, -0.05) is 17.7 Å². The zero-order valence-electron chi connectivity index (χ0n) is 12.4. The molecule has 1 saturated carbocycles. The molecule has 0 radical (unpaired) electrons. The van der Waals surface area contributed by atoms with E-state index in [0.717, 1.165) is 25.0 Å². The Labute approximate surface area is 143 Å².